The summed E-state index contributed by atoms with van der Waals surface area (Å²) in [5.74, 6) is 0.955. The van der Waals surface area contributed by atoms with Gasteiger partial charge in [-0.05, 0) is 80.7 Å². The number of rotatable bonds is 9. The average Bonchev–Trinajstić information content (AvgIpc) is 2.79. The van der Waals surface area contributed by atoms with Crippen molar-refractivity contribution >= 4 is 11.5 Å². The van der Waals surface area contributed by atoms with E-state index in [0.717, 1.165) is 56.8 Å². The molecule has 1 aliphatic carbocycles. The third-order valence-corrected chi connectivity index (χ3v) is 6.47. The molecular formula is C25H35N3O2. The zero-order valence-corrected chi connectivity index (χ0v) is 18.2. The molecule has 1 aromatic rings. The highest BCUT2D eigenvalue weighted by atomic mass is 16.5. The maximum absolute atomic E-state index is 12.0. The number of carbonyl (C=O) groups excluding carboxylic acids is 1. The van der Waals surface area contributed by atoms with Crippen LogP contribution in [0.2, 0.25) is 0 Å². The Kier molecular flexibility index (Phi) is 8.92. The number of nitrogens with one attached hydrogen (secondary N) is 1. The number of nitrogens with zero attached hydrogens (tertiary/aromatic N) is 2. The Morgan fingerprint density at radius 3 is 2.83 bits per heavy atom. The Balaban J connectivity index is 1.34. The molecule has 1 saturated carbocycles. The minimum absolute atomic E-state index is 0.173. The van der Waals surface area contributed by atoms with Crippen LogP contribution in [0.3, 0.4) is 0 Å². The van der Waals surface area contributed by atoms with Gasteiger partial charge in [-0.2, -0.15) is 5.26 Å². The summed E-state index contributed by atoms with van der Waals surface area (Å²) in [6.07, 6.45) is 10.7. The molecule has 1 fully saturated rings. The molecule has 0 atom stereocenters. The quantitative estimate of drug-likeness (QED) is 0.623. The van der Waals surface area contributed by atoms with E-state index < -0.39 is 0 Å². The predicted octanol–water partition coefficient (Wildman–Crippen LogP) is 4.14. The molecule has 1 aromatic carbocycles. The maximum atomic E-state index is 12.0. The first kappa shape index (κ1) is 22.5. The van der Waals surface area contributed by atoms with Gasteiger partial charge in [-0.15, -0.1) is 0 Å². The zero-order valence-electron chi connectivity index (χ0n) is 18.2. The monoisotopic (exact) mass is 409 g/mol. The van der Waals surface area contributed by atoms with Crippen molar-refractivity contribution in [2.75, 3.05) is 33.4 Å². The summed E-state index contributed by atoms with van der Waals surface area (Å²) in [5.41, 5.74) is 3.29. The number of ether oxygens (including phenoxy) is 1. The van der Waals surface area contributed by atoms with E-state index in [1.54, 1.807) is 7.11 Å². The van der Waals surface area contributed by atoms with Gasteiger partial charge < -0.3 is 10.1 Å². The number of amides is 1. The van der Waals surface area contributed by atoms with Gasteiger partial charge in [0.2, 0.25) is 5.91 Å². The van der Waals surface area contributed by atoms with Crippen LogP contribution in [-0.2, 0) is 9.53 Å². The van der Waals surface area contributed by atoms with Crippen LogP contribution in [0.1, 0.15) is 62.5 Å². The lowest BCUT2D eigenvalue weighted by molar-refractivity contribution is -0.122. The summed E-state index contributed by atoms with van der Waals surface area (Å²) >= 11 is 0. The first-order chi connectivity index (χ1) is 14.7. The molecule has 0 aromatic heterocycles. The number of hydrogen-bond donors (Lipinski definition) is 1. The summed E-state index contributed by atoms with van der Waals surface area (Å²) in [6.45, 7) is 3.90. The number of methoxy groups -OCH3 is 1. The first-order valence-corrected chi connectivity index (χ1v) is 11.4. The topological polar surface area (TPSA) is 65.4 Å². The SMILES string of the molecule is COCCCC(=O)N[C@H]1CC[C@H](CCN2CC=C(c3cccc(C#N)c3)CC2)CC1. The van der Waals surface area contributed by atoms with Crippen LogP contribution in [0, 0.1) is 17.2 Å². The van der Waals surface area contributed by atoms with Crippen molar-refractivity contribution in [1.29, 1.82) is 5.26 Å². The van der Waals surface area contributed by atoms with Gasteiger partial charge >= 0.3 is 0 Å². The molecule has 0 spiro atoms. The zero-order chi connectivity index (χ0) is 21.2. The molecule has 1 amide bonds. The van der Waals surface area contributed by atoms with E-state index in [0.29, 0.717) is 19.1 Å². The van der Waals surface area contributed by atoms with Crippen LogP contribution in [0.25, 0.3) is 5.57 Å². The minimum Gasteiger partial charge on any atom is -0.385 e. The van der Waals surface area contributed by atoms with Crippen LogP contribution < -0.4 is 5.32 Å². The molecule has 1 heterocycles. The lowest BCUT2D eigenvalue weighted by Crippen LogP contribution is -2.38. The average molecular weight is 410 g/mol. The molecule has 5 heteroatoms. The summed E-state index contributed by atoms with van der Waals surface area (Å²) in [6, 6.07) is 10.5. The normalized spacial score (nSPS) is 22.2. The van der Waals surface area contributed by atoms with Gasteiger partial charge in [0.1, 0.15) is 0 Å². The van der Waals surface area contributed by atoms with Gasteiger partial charge in [0.05, 0.1) is 11.6 Å². The second-order valence-corrected chi connectivity index (χ2v) is 8.64. The number of nitriles is 1. The van der Waals surface area contributed by atoms with Crippen molar-refractivity contribution < 1.29 is 9.53 Å². The van der Waals surface area contributed by atoms with E-state index in [2.05, 4.69) is 28.4 Å². The summed E-state index contributed by atoms with van der Waals surface area (Å²) in [5, 5.41) is 12.3. The van der Waals surface area contributed by atoms with Crippen molar-refractivity contribution in [1.82, 2.24) is 10.2 Å². The summed E-state index contributed by atoms with van der Waals surface area (Å²) in [4.78, 5) is 14.5. The van der Waals surface area contributed by atoms with E-state index in [-0.39, 0.29) is 5.91 Å². The second kappa shape index (κ2) is 11.9. The minimum atomic E-state index is 0.173. The Labute approximate surface area is 181 Å². The summed E-state index contributed by atoms with van der Waals surface area (Å²) < 4.78 is 5.01. The molecule has 30 heavy (non-hydrogen) atoms. The second-order valence-electron chi connectivity index (χ2n) is 8.64. The highest BCUT2D eigenvalue weighted by Crippen LogP contribution is 2.28. The smallest absolute Gasteiger partial charge is 0.220 e. The fourth-order valence-corrected chi connectivity index (χ4v) is 4.60. The van der Waals surface area contributed by atoms with Gasteiger partial charge in [-0.1, -0.05) is 18.2 Å². The standard InChI is InChI=1S/C25H35N3O2/c1-30-17-3-6-25(29)27-24-9-7-20(8-10-24)11-14-28-15-12-22(13-16-28)23-5-2-4-21(18-23)19-26/h2,4-5,12,18,20,24H,3,6-11,13-17H2,1H3,(H,27,29)/t20-,24-. The maximum Gasteiger partial charge on any atom is 0.220 e. The molecule has 1 N–H and O–H groups in total. The van der Waals surface area contributed by atoms with Crippen molar-refractivity contribution in [2.45, 2.75) is 57.4 Å². The highest BCUT2D eigenvalue weighted by molar-refractivity contribution is 5.76. The highest BCUT2D eigenvalue weighted by Gasteiger charge is 2.23. The van der Waals surface area contributed by atoms with Crippen LogP contribution in [0.4, 0.5) is 0 Å². The van der Waals surface area contributed by atoms with Gasteiger partial charge in [-0.25, -0.2) is 0 Å². The van der Waals surface area contributed by atoms with Crippen molar-refractivity contribution in [3.05, 3.63) is 41.5 Å². The summed E-state index contributed by atoms with van der Waals surface area (Å²) in [7, 11) is 1.67. The Morgan fingerprint density at radius 2 is 2.13 bits per heavy atom. The molecule has 0 radical (unpaired) electrons. The van der Waals surface area contributed by atoms with Gasteiger partial charge in [0.15, 0.2) is 0 Å². The van der Waals surface area contributed by atoms with E-state index in [9.17, 15) is 4.79 Å². The van der Waals surface area contributed by atoms with E-state index >= 15 is 0 Å². The number of benzene rings is 1. The molecule has 162 valence electrons. The fourth-order valence-electron chi connectivity index (χ4n) is 4.60. The Morgan fingerprint density at radius 1 is 1.30 bits per heavy atom. The lowest BCUT2D eigenvalue weighted by Gasteiger charge is -2.32. The molecule has 1 aliphatic heterocycles. The number of carbonyl (C=O) groups is 1. The Bertz CT molecular complexity index is 760. The van der Waals surface area contributed by atoms with Crippen LogP contribution in [-0.4, -0.2) is 50.2 Å². The van der Waals surface area contributed by atoms with Gasteiger partial charge in [0.25, 0.3) is 0 Å². The lowest BCUT2D eigenvalue weighted by atomic mass is 9.84. The van der Waals surface area contributed by atoms with Crippen LogP contribution in [0.15, 0.2) is 30.3 Å². The van der Waals surface area contributed by atoms with Crippen molar-refractivity contribution in [3.63, 3.8) is 0 Å². The molecule has 2 aliphatic rings. The first-order valence-electron chi connectivity index (χ1n) is 11.4. The van der Waals surface area contributed by atoms with Crippen LogP contribution in [0.5, 0.6) is 0 Å². The van der Waals surface area contributed by atoms with Gasteiger partial charge in [-0.3, -0.25) is 9.69 Å². The molecule has 3 rings (SSSR count). The predicted molar refractivity (Wildman–Crippen MR) is 120 cm³/mol. The Hall–Kier alpha value is -2.16. The molecular weight excluding hydrogens is 374 g/mol. The van der Waals surface area contributed by atoms with E-state index in [1.165, 1.54) is 30.4 Å². The molecule has 0 unspecified atom stereocenters. The van der Waals surface area contributed by atoms with Gasteiger partial charge in [0, 0.05) is 39.3 Å². The number of hydrogen-bond acceptors (Lipinski definition) is 4. The van der Waals surface area contributed by atoms with Crippen LogP contribution >= 0.6 is 0 Å². The third kappa shape index (κ3) is 6.97. The van der Waals surface area contributed by atoms with Crippen molar-refractivity contribution in [3.8, 4) is 6.07 Å². The van der Waals surface area contributed by atoms with E-state index in [4.69, 9.17) is 10.00 Å². The molecule has 0 bridgehead atoms. The molecule has 0 saturated heterocycles. The third-order valence-electron chi connectivity index (χ3n) is 6.47. The molecule has 5 nitrogen and oxygen atoms in total. The fraction of sp³-hybridized carbons (Fsp3) is 0.600. The largest absolute Gasteiger partial charge is 0.385 e. The van der Waals surface area contributed by atoms with Crippen molar-refractivity contribution in [2.24, 2.45) is 5.92 Å². The van der Waals surface area contributed by atoms with E-state index in [1.807, 2.05) is 18.2 Å².